The van der Waals surface area contributed by atoms with Crippen molar-refractivity contribution >= 4 is 17.8 Å². The summed E-state index contributed by atoms with van der Waals surface area (Å²) in [4.78, 5) is 35.4. The lowest BCUT2D eigenvalue weighted by atomic mass is 9.85. The van der Waals surface area contributed by atoms with Crippen molar-refractivity contribution in [2.45, 2.75) is 83.0 Å². The molecule has 0 radical (unpaired) electrons. The van der Waals surface area contributed by atoms with Crippen LogP contribution in [0.3, 0.4) is 0 Å². The second kappa shape index (κ2) is 9.49. The summed E-state index contributed by atoms with van der Waals surface area (Å²) in [5.74, 6) is 0.975. The highest BCUT2D eigenvalue weighted by Gasteiger charge is 2.45. The summed E-state index contributed by atoms with van der Waals surface area (Å²) < 4.78 is 3.65. The van der Waals surface area contributed by atoms with E-state index in [-0.39, 0.29) is 30.8 Å². The van der Waals surface area contributed by atoms with Crippen LogP contribution in [0.5, 0.6) is 0 Å². The number of piperidine rings is 1. The zero-order valence-electron chi connectivity index (χ0n) is 21.7. The lowest BCUT2D eigenvalue weighted by molar-refractivity contribution is -0.144. The first kappa shape index (κ1) is 24.7. The normalized spacial score (nSPS) is 24.2. The van der Waals surface area contributed by atoms with Crippen LogP contribution in [0.1, 0.15) is 70.5 Å². The number of aliphatic hydroxyl groups is 1. The second-order valence-electron chi connectivity index (χ2n) is 11.7. The third-order valence-corrected chi connectivity index (χ3v) is 7.63. The van der Waals surface area contributed by atoms with Crippen molar-refractivity contribution in [1.29, 1.82) is 0 Å². The molecule has 3 aliphatic rings. The number of likely N-dealkylation sites (tertiary alicyclic amines) is 1. The molecule has 0 aromatic carbocycles. The molecule has 196 valence electrons. The van der Waals surface area contributed by atoms with Gasteiger partial charge >= 0.3 is 0 Å². The van der Waals surface area contributed by atoms with E-state index in [0.717, 1.165) is 50.4 Å². The molecular formula is C25H38N8O3. The zero-order chi connectivity index (χ0) is 25.6. The summed E-state index contributed by atoms with van der Waals surface area (Å²) in [5.41, 5.74) is 0.475. The van der Waals surface area contributed by atoms with Crippen LogP contribution >= 0.6 is 0 Å². The standard InChI is InChI=1S/C25H38N8O3/c1-25(2,3)21(33-15-19(28-29-33)16-5-6-16)23(36)32-14-18(34)13-20(32)22(35)27-17-7-10-31(11-8-17)24-26-9-12-30(24)4/h9,12,15-18,20-21,34H,5-8,10-11,13-14H2,1-4H3,(H,27,35)/t18?,20?,21-/m1/s1. The van der Waals surface area contributed by atoms with Crippen molar-refractivity contribution in [2.75, 3.05) is 24.5 Å². The lowest BCUT2D eigenvalue weighted by Gasteiger charge is -2.36. The maximum absolute atomic E-state index is 13.9. The Morgan fingerprint density at radius 3 is 2.50 bits per heavy atom. The summed E-state index contributed by atoms with van der Waals surface area (Å²) in [6.45, 7) is 7.72. The first-order chi connectivity index (χ1) is 17.1. The minimum absolute atomic E-state index is 0.0264. The Morgan fingerprint density at radius 2 is 1.89 bits per heavy atom. The number of amides is 2. The van der Waals surface area contributed by atoms with Crippen LogP contribution in [-0.4, -0.2) is 84.2 Å². The molecule has 2 unspecified atom stereocenters. The van der Waals surface area contributed by atoms with E-state index in [4.69, 9.17) is 0 Å². The number of hydrogen-bond donors (Lipinski definition) is 2. The summed E-state index contributed by atoms with van der Waals surface area (Å²) in [6.07, 6.45) is 8.92. The molecule has 3 atom stereocenters. The van der Waals surface area contributed by atoms with Gasteiger partial charge in [-0.2, -0.15) is 0 Å². The van der Waals surface area contributed by atoms with Crippen LogP contribution in [0.15, 0.2) is 18.6 Å². The Kier molecular flexibility index (Phi) is 6.52. The maximum Gasteiger partial charge on any atom is 0.248 e. The number of aliphatic hydroxyl groups excluding tert-OH is 1. The Balaban J connectivity index is 1.26. The number of nitrogens with one attached hydrogen (secondary N) is 1. The van der Waals surface area contributed by atoms with Crippen LogP contribution in [0.2, 0.25) is 0 Å². The number of imidazole rings is 1. The van der Waals surface area contributed by atoms with Gasteiger partial charge in [0.05, 0.1) is 11.8 Å². The van der Waals surface area contributed by atoms with Gasteiger partial charge in [0, 0.05) is 63.7 Å². The smallest absolute Gasteiger partial charge is 0.248 e. The number of carbonyl (C=O) groups excluding carboxylic acids is 2. The van der Waals surface area contributed by atoms with E-state index in [1.807, 2.05) is 44.8 Å². The second-order valence-corrected chi connectivity index (χ2v) is 11.7. The number of nitrogens with zero attached hydrogens (tertiary/aromatic N) is 7. The van der Waals surface area contributed by atoms with Crippen molar-refractivity contribution in [3.8, 4) is 0 Å². The Labute approximate surface area is 211 Å². The van der Waals surface area contributed by atoms with Crippen molar-refractivity contribution in [3.63, 3.8) is 0 Å². The zero-order valence-corrected chi connectivity index (χ0v) is 21.7. The first-order valence-corrected chi connectivity index (χ1v) is 13.0. The van der Waals surface area contributed by atoms with Gasteiger partial charge in [-0.25, -0.2) is 9.67 Å². The summed E-state index contributed by atoms with van der Waals surface area (Å²) in [7, 11) is 1.98. The number of anilines is 1. The molecule has 1 aliphatic carbocycles. The fourth-order valence-electron chi connectivity index (χ4n) is 5.51. The van der Waals surface area contributed by atoms with Gasteiger partial charge in [0.2, 0.25) is 17.8 Å². The molecule has 0 spiro atoms. The molecule has 4 heterocycles. The van der Waals surface area contributed by atoms with Crippen molar-refractivity contribution in [2.24, 2.45) is 12.5 Å². The molecule has 2 aromatic heterocycles. The lowest BCUT2D eigenvalue weighted by Crippen LogP contribution is -2.53. The van der Waals surface area contributed by atoms with Crippen LogP contribution in [-0.2, 0) is 16.6 Å². The molecule has 1 saturated carbocycles. The Morgan fingerprint density at radius 1 is 1.17 bits per heavy atom. The number of rotatable bonds is 6. The monoisotopic (exact) mass is 498 g/mol. The average molecular weight is 499 g/mol. The molecule has 2 N–H and O–H groups in total. The predicted octanol–water partition coefficient (Wildman–Crippen LogP) is 1.22. The molecule has 11 nitrogen and oxygen atoms in total. The van der Waals surface area contributed by atoms with Gasteiger partial charge in [-0.3, -0.25) is 9.59 Å². The number of aromatic nitrogens is 5. The number of hydrogen-bond acceptors (Lipinski definition) is 7. The summed E-state index contributed by atoms with van der Waals surface area (Å²) >= 11 is 0. The van der Waals surface area contributed by atoms with E-state index in [1.165, 1.54) is 0 Å². The minimum Gasteiger partial charge on any atom is -0.391 e. The quantitative estimate of drug-likeness (QED) is 0.614. The van der Waals surface area contributed by atoms with Gasteiger partial charge in [0.25, 0.3) is 0 Å². The number of β-amino-alcohol motifs (C(OH)–C–C–N with tert-alkyl or cyclic N) is 1. The number of aryl methyl sites for hydroxylation is 1. The van der Waals surface area contributed by atoms with Crippen molar-refractivity contribution < 1.29 is 14.7 Å². The topological polar surface area (TPSA) is 121 Å². The molecule has 2 aromatic rings. The molecule has 2 saturated heterocycles. The van der Waals surface area contributed by atoms with E-state index >= 15 is 0 Å². The molecular weight excluding hydrogens is 460 g/mol. The van der Waals surface area contributed by atoms with Crippen LogP contribution in [0, 0.1) is 5.41 Å². The van der Waals surface area contributed by atoms with Gasteiger partial charge in [-0.05, 0) is 31.1 Å². The van der Waals surface area contributed by atoms with Gasteiger partial charge in [-0.1, -0.05) is 26.0 Å². The molecule has 2 aliphatic heterocycles. The molecule has 3 fully saturated rings. The van der Waals surface area contributed by atoms with Crippen LogP contribution < -0.4 is 10.2 Å². The average Bonchev–Trinajstić information content (AvgIpc) is 3.20. The maximum atomic E-state index is 13.9. The third-order valence-electron chi connectivity index (χ3n) is 7.63. The van der Waals surface area contributed by atoms with E-state index in [2.05, 4.69) is 25.5 Å². The minimum atomic E-state index is -0.728. The fourth-order valence-corrected chi connectivity index (χ4v) is 5.51. The third kappa shape index (κ3) is 4.98. The fraction of sp³-hybridized carbons (Fsp3) is 0.720. The molecule has 5 rings (SSSR count). The summed E-state index contributed by atoms with van der Waals surface area (Å²) in [5, 5.41) is 22.2. The van der Waals surface area contributed by atoms with E-state index in [9.17, 15) is 14.7 Å². The van der Waals surface area contributed by atoms with Gasteiger partial charge < -0.3 is 24.8 Å². The van der Waals surface area contributed by atoms with Gasteiger partial charge in [-0.15, -0.1) is 5.10 Å². The first-order valence-electron chi connectivity index (χ1n) is 13.0. The Hall–Kier alpha value is -2.95. The molecule has 2 amide bonds. The SMILES string of the molecule is Cn1ccnc1N1CCC(NC(=O)C2CC(O)CN2C(=O)[C@@H](n2cc(C3CC3)nn2)C(C)(C)C)CC1. The highest BCUT2D eigenvalue weighted by atomic mass is 16.3. The largest absolute Gasteiger partial charge is 0.391 e. The van der Waals surface area contributed by atoms with Crippen LogP contribution in [0.4, 0.5) is 5.95 Å². The van der Waals surface area contributed by atoms with Gasteiger partial charge in [0.1, 0.15) is 12.1 Å². The molecule has 0 bridgehead atoms. The van der Waals surface area contributed by atoms with E-state index in [0.29, 0.717) is 5.92 Å². The number of carbonyl (C=O) groups is 2. The highest BCUT2D eigenvalue weighted by Crippen LogP contribution is 2.40. The highest BCUT2D eigenvalue weighted by molar-refractivity contribution is 5.90. The van der Waals surface area contributed by atoms with Gasteiger partial charge in [0.15, 0.2) is 0 Å². The van der Waals surface area contributed by atoms with E-state index < -0.39 is 23.6 Å². The molecule has 11 heteroatoms. The molecule has 36 heavy (non-hydrogen) atoms. The Bertz CT molecular complexity index is 1090. The summed E-state index contributed by atoms with van der Waals surface area (Å²) in [6, 6.07) is -1.28. The van der Waals surface area contributed by atoms with E-state index in [1.54, 1.807) is 15.8 Å². The van der Waals surface area contributed by atoms with Crippen LogP contribution in [0.25, 0.3) is 0 Å². The predicted molar refractivity (Wildman–Crippen MR) is 133 cm³/mol. The van der Waals surface area contributed by atoms with Crippen molar-refractivity contribution in [1.82, 2.24) is 34.8 Å². The van der Waals surface area contributed by atoms with Crippen molar-refractivity contribution in [3.05, 3.63) is 24.3 Å².